The first kappa shape index (κ1) is 78.3. The molecule has 10 atom stereocenters. The van der Waals surface area contributed by atoms with Gasteiger partial charge in [0.1, 0.15) is 60.1 Å². The van der Waals surface area contributed by atoms with Gasteiger partial charge in [-0.3, -0.25) is 67.3 Å². The molecule has 2 aromatic rings. The van der Waals surface area contributed by atoms with Crippen molar-refractivity contribution in [3.8, 4) is 5.75 Å². The highest BCUT2D eigenvalue weighted by Gasteiger charge is 2.43. The van der Waals surface area contributed by atoms with Gasteiger partial charge in [0.15, 0.2) is 5.96 Å². The number of phenolic OH excluding ortho intramolecular Hbond substituents is 1. The molecule has 2 aliphatic rings. The Morgan fingerprint density at radius 3 is 1.67 bits per heavy atom. The number of rotatable bonds is 41. The van der Waals surface area contributed by atoms with Crippen LogP contribution in [0.5, 0.6) is 5.75 Å². The van der Waals surface area contributed by atoms with Crippen molar-refractivity contribution in [3.63, 3.8) is 0 Å². The molecule has 0 aromatic heterocycles. The molecule has 2 aromatic carbocycles. The van der Waals surface area contributed by atoms with Crippen molar-refractivity contribution in [1.82, 2.24) is 52.3 Å². The number of nitrogens with two attached hydrogens (primary N) is 6. The predicted octanol–water partition coefficient (Wildman–Crippen LogP) is -3.80. The fraction of sp³-hybridized carbons (Fsp3) is 0.581. The van der Waals surface area contributed by atoms with Gasteiger partial charge in [-0.25, -0.2) is 0 Å². The topological polar surface area (TPSA) is 534 Å². The van der Waals surface area contributed by atoms with Gasteiger partial charge in [-0.1, -0.05) is 62.7 Å². The number of thioether (sulfide) groups is 1. The van der Waals surface area contributed by atoms with Crippen LogP contribution in [0.1, 0.15) is 115 Å². The zero-order chi connectivity index (χ0) is 70.3. The smallest absolute Gasteiger partial charge is 0.303 e. The number of aromatic hydroxyl groups is 1. The van der Waals surface area contributed by atoms with E-state index in [1.54, 1.807) is 30.3 Å². The zero-order valence-corrected chi connectivity index (χ0v) is 54.8. The number of nitrogens with one attached hydrogen (secondary N) is 8. The van der Waals surface area contributed by atoms with Crippen LogP contribution in [0.2, 0.25) is 0 Å². The molecule has 524 valence electrons. The van der Waals surface area contributed by atoms with E-state index < -0.39 is 163 Å². The first-order valence-corrected chi connectivity index (χ1v) is 33.1. The fourth-order valence-corrected chi connectivity index (χ4v) is 11.4. The van der Waals surface area contributed by atoms with Gasteiger partial charge >= 0.3 is 5.97 Å². The maximum Gasteiger partial charge on any atom is 0.303 e. The molecular weight excluding hydrogens is 1250 g/mol. The molecule has 4 rings (SSSR count). The summed E-state index contributed by atoms with van der Waals surface area (Å²) in [7, 11) is 0. The quantitative estimate of drug-likeness (QED) is 0.0172. The van der Waals surface area contributed by atoms with Gasteiger partial charge < -0.3 is 96.9 Å². The van der Waals surface area contributed by atoms with E-state index in [-0.39, 0.29) is 95.0 Å². The number of nitrogens with zero attached hydrogens (tertiary/aromatic N) is 3. The molecule has 2 fully saturated rings. The molecular formula is C62H95N17O15S. The van der Waals surface area contributed by atoms with Crippen LogP contribution in [0.25, 0.3) is 0 Å². The Kier molecular flexibility index (Phi) is 33.2. The molecule has 0 saturated carbocycles. The van der Waals surface area contributed by atoms with Crippen LogP contribution in [0, 0.1) is 5.92 Å². The summed E-state index contributed by atoms with van der Waals surface area (Å²) < 4.78 is 0. The maximum absolute atomic E-state index is 14.7. The third-order valence-electron chi connectivity index (χ3n) is 15.8. The lowest BCUT2D eigenvalue weighted by Crippen LogP contribution is -2.60. The van der Waals surface area contributed by atoms with Crippen molar-refractivity contribution in [2.75, 3.05) is 44.7 Å². The molecule has 95 heavy (non-hydrogen) atoms. The number of unbranched alkanes of at least 4 members (excludes halogenated alkanes) is 1. The largest absolute Gasteiger partial charge is 0.508 e. The second kappa shape index (κ2) is 40.2. The number of carboxylic acid groups (broad SMARTS) is 1. The molecule has 32 nitrogen and oxygen atoms in total. The molecule has 0 aliphatic carbocycles. The number of carboxylic acids is 1. The van der Waals surface area contributed by atoms with E-state index in [2.05, 4.69) is 47.5 Å². The number of likely N-dealkylation sites (tertiary alicyclic amines) is 2. The predicted molar refractivity (Wildman–Crippen MR) is 351 cm³/mol. The third-order valence-corrected chi connectivity index (χ3v) is 16.5. The summed E-state index contributed by atoms with van der Waals surface area (Å²) in [4.78, 5) is 184. The summed E-state index contributed by atoms with van der Waals surface area (Å²) in [6.07, 6.45) is 2.10. The van der Waals surface area contributed by atoms with Crippen LogP contribution in [0.4, 0.5) is 0 Å². The number of phenols is 1. The van der Waals surface area contributed by atoms with Crippen LogP contribution in [0.15, 0.2) is 59.6 Å². The van der Waals surface area contributed by atoms with Gasteiger partial charge in [-0.15, -0.1) is 0 Å². The lowest BCUT2D eigenvalue weighted by Gasteiger charge is -2.31. The lowest BCUT2D eigenvalue weighted by atomic mass is 10.0. The van der Waals surface area contributed by atoms with E-state index in [1.165, 1.54) is 40.9 Å². The fourth-order valence-electron chi connectivity index (χ4n) is 10.9. The molecule has 0 bridgehead atoms. The van der Waals surface area contributed by atoms with E-state index in [1.807, 2.05) is 20.1 Å². The highest BCUT2D eigenvalue weighted by molar-refractivity contribution is 7.98. The highest BCUT2D eigenvalue weighted by atomic mass is 32.2. The van der Waals surface area contributed by atoms with Gasteiger partial charge in [0.05, 0.1) is 19.0 Å². The lowest BCUT2D eigenvalue weighted by molar-refractivity contribution is -0.145. The van der Waals surface area contributed by atoms with E-state index in [4.69, 9.17) is 34.4 Å². The van der Waals surface area contributed by atoms with Crippen molar-refractivity contribution < 1.29 is 72.5 Å². The molecule has 0 spiro atoms. The Morgan fingerprint density at radius 2 is 1.13 bits per heavy atom. The summed E-state index contributed by atoms with van der Waals surface area (Å²) in [5.41, 5.74) is 35.0. The molecule has 0 radical (unpaired) electrons. The Bertz CT molecular complexity index is 2990. The minimum absolute atomic E-state index is 0.0153. The number of guanidine groups is 1. The Labute approximate surface area is 555 Å². The Hall–Kier alpha value is -9.11. The molecule has 33 heteroatoms. The van der Waals surface area contributed by atoms with Crippen LogP contribution in [-0.2, 0) is 75.2 Å². The van der Waals surface area contributed by atoms with Gasteiger partial charge in [-0.05, 0) is 118 Å². The molecule has 12 amide bonds. The molecule has 0 unspecified atom stereocenters. The van der Waals surface area contributed by atoms with Crippen LogP contribution >= 0.6 is 11.8 Å². The number of carbonyl (C=O) groups is 13. The SMILES string of the molecule is CSCC[C@H](NC(=O)[C@H](CC(C)C)NC(=O)CNC(=O)[C@H](Cc1ccc(O)cc1)NC(=O)[C@H](Cc1ccccc1)NC(=O)[C@H](CCCN=C(N)N)NC(=O)[C@H](CCC(=O)O)NC(=O)[C@@H]1CCCN1C(=O)[C@H](CC(N)=O)NC(=O)[C@@H]1CCCN1C(=O)[C@@H](N)CCCCN)C(N)=O. The number of aliphatic imine (C=N–C) groups is 1. The monoisotopic (exact) mass is 1350 g/mol. The van der Waals surface area contributed by atoms with Crippen molar-refractivity contribution in [1.29, 1.82) is 0 Å². The van der Waals surface area contributed by atoms with Crippen molar-refractivity contribution in [2.45, 2.75) is 177 Å². The van der Waals surface area contributed by atoms with E-state index >= 15 is 0 Å². The summed E-state index contributed by atoms with van der Waals surface area (Å²) in [5.74, 6) is -11.5. The molecule has 2 saturated heterocycles. The average molecular weight is 1350 g/mol. The van der Waals surface area contributed by atoms with E-state index in [0.29, 0.717) is 49.1 Å². The summed E-state index contributed by atoms with van der Waals surface area (Å²) in [6, 6.07) is 0.732. The zero-order valence-electron chi connectivity index (χ0n) is 54.0. The second-order valence-corrected chi connectivity index (χ2v) is 24.9. The number of carbonyl (C=O) groups excluding carboxylic acids is 12. The van der Waals surface area contributed by atoms with Crippen molar-refractivity contribution in [2.24, 2.45) is 45.3 Å². The summed E-state index contributed by atoms with van der Waals surface area (Å²) in [6.45, 7) is 3.42. The molecule has 22 N–H and O–H groups in total. The highest BCUT2D eigenvalue weighted by Crippen LogP contribution is 2.23. The Morgan fingerprint density at radius 1 is 0.600 bits per heavy atom. The Balaban J connectivity index is 1.60. The van der Waals surface area contributed by atoms with Crippen molar-refractivity contribution >= 4 is 94.6 Å². The van der Waals surface area contributed by atoms with E-state index in [0.717, 1.165) is 4.90 Å². The van der Waals surface area contributed by atoms with Crippen LogP contribution < -0.4 is 76.9 Å². The average Bonchev–Trinajstić information content (AvgIpc) is 1.75. The normalized spacial score (nSPS) is 16.8. The van der Waals surface area contributed by atoms with Gasteiger partial charge in [-0.2, -0.15) is 11.8 Å². The van der Waals surface area contributed by atoms with Crippen LogP contribution in [-0.4, -0.2) is 208 Å². The number of aliphatic carboxylic acids is 1. The van der Waals surface area contributed by atoms with Crippen molar-refractivity contribution in [3.05, 3.63) is 65.7 Å². The minimum Gasteiger partial charge on any atom is -0.508 e. The summed E-state index contributed by atoms with van der Waals surface area (Å²) in [5, 5.41) is 40.5. The van der Waals surface area contributed by atoms with Gasteiger partial charge in [0.2, 0.25) is 70.9 Å². The minimum atomic E-state index is -1.69. The van der Waals surface area contributed by atoms with Crippen LogP contribution in [0.3, 0.4) is 0 Å². The number of hydrogen-bond acceptors (Lipinski definition) is 18. The number of primary amides is 2. The number of amides is 12. The first-order chi connectivity index (χ1) is 45.1. The maximum atomic E-state index is 14.7. The number of hydrogen-bond donors (Lipinski definition) is 16. The standard InChI is InChI=1S/C62H95N17O15S/c1-35(2)30-43(56(89)72-40(52(66)85)24-29-95-3)71-50(82)34-70-53(86)44(32-37-18-20-38(80)21-19-37)75-57(90)45(31-36-12-5-4-6-13-36)76-54(87)41(15-9-26-69-62(67)68)73-55(88)42(22-23-51(83)84)74-58(91)48-17-11-28-79(48)61(94)46(33-49(65)81)77-59(92)47-16-10-27-78(47)60(93)39(64)14-7-8-25-63/h4-6,12-13,18-21,35,39-48,80H,7-11,14-17,22-34,63-64H2,1-3H3,(H2,65,81)(H2,66,85)(H,70,86)(H,71,82)(H,72,89)(H,73,88)(H,74,91)(H,75,90)(H,76,87)(H,77,92)(H,83,84)(H4,67,68,69)/t39-,40-,41-,42-,43-,44-,45-,46-,47-,48-/m0/s1. The van der Waals surface area contributed by atoms with E-state index in [9.17, 15) is 72.5 Å². The summed E-state index contributed by atoms with van der Waals surface area (Å²) >= 11 is 1.44. The van der Waals surface area contributed by atoms with Gasteiger partial charge in [0, 0.05) is 38.9 Å². The number of benzene rings is 2. The van der Waals surface area contributed by atoms with Gasteiger partial charge in [0.25, 0.3) is 0 Å². The third kappa shape index (κ3) is 27.0. The first-order valence-electron chi connectivity index (χ1n) is 31.7. The second-order valence-electron chi connectivity index (χ2n) is 23.9. The molecule has 2 aliphatic heterocycles. The molecule has 2 heterocycles.